The molecule has 4 nitrogen and oxygen atoms in total. The highest BCUT2D eigenvalue weighted by molar-refractivity contribution is 14.0. The van der Waals surface area contributed by atoms with Crippen molar-refractivity contribution >= 4 is 41.5 Å². The molecule has 0 atom stereocenters. The fourth-order valence-electron chi connectivity index (χ4n) is 2.78. The van der Waals surface area contributed by atoms with Crippen LogP contribution in [0.3, 0.4) is 0 Å². The molecule has 6 heteroatoms. The molecule has 1 aromatic rings. The maximum absolute atomic E-state index is 10.4. The van der Waals surface area contributed by atoms with Crippen molar-refractivity contribution in [2.24, 2.45) is 4.99 Å². The summed E-state index contributed by atoms with van der Waals surface area (Å²) >= 11 is 5.99. The number of aliphatic imine (C=N–C) groups is 1. The molecule has 0 aliphatic heterocycles. The lowest BCUT2D eigenvalue weighted by atomic mass is 10.0. The second-order valence-electron chi connectivity index (χ2n) is 5.93. The van der Waals surface area contributed by atoms with E-state index >= 15 is 0 Å². The van der Waals surface area contributed by atoms with Gasteiger partial charge in [0, 0.05) is 18.1 Å². The SMILES string of the molecule is CCNC(=NCC1(O)CCCC1)NCCc1cccc(Cl)c1.I. The van der Waals surface area contributed by atoms with E-state index in [9.17, 15) is 5.11 Å². The Morgan fingerprint density at radius 3 is 2.70 bits per heavy atom. The van der Waals surface area contributed by atoms with Crippen LogP contribution < -0.4 is 10.6 Å². The first-order valence-corrected chi connectivity index (χ1v) is 8.48. The van der Waals surface area contributed by atoms with Gasteiger partial charge in [-0.3, -0.25) is 4.99 Å². The summed E-state index contributed by atoms with van der Waals surface area (Å²) in [6.45, 7) is 4.10. The van der Waals surface area contributed by atoms with Crippen LogP contribution in [-0.2, 0) is 6.42 Å². The topological polar surface area (TPSA) is 56.7 Å². The van der Waals surface area contributed by atoms with Crippen molar-refractivity contribution in [2.45, 2.75) is 44.6 Å². The van der Waals surface area contributed by atoms with E-state index in [0.717, 1.165) is 56.2 Å². The molecule has 0 radical (unpaired) electrons. The van der Waals surface area contributed by atoms with Crippen molar-refractivity contribution < 1.29 is 5.11 Å². The second-order valence-corrected chi connectivity index (χ2v) is 6.37. The van der Waals surface area contributed by atoms with Crippen LogP contribution >= 0.6 is 35.6 Å². The van der Waals surface area contributed by atoms with Gasteiger partial charge in [-0.1, -0.05) is 36.6 Å². The van der Waals surface area contributed by atoms with Crippen LogP contribution in [-0.4, -0.2) is 36.3 Å². The van der Waals surface area contributed by atoms with Gasteiger partial charge in [0.25, 0.3) is 0 Å². The molecule has 1 saturated carbocycles. The van der Waals surface area contributed by atoms with E-state index in [1.165, 1.54) is 5.56 Å². The number of hydrogen-bond acceptors (Lipinski definition) is 2. The van der Waals surface area contributed by atoms with Gasteiger partial charge >= 0.3 is 0 Å². The second kappa shape index (κ2) is 10.4. The van der Waals surface area contributed by atoms with Gasteiger partial charge in [-0.15, -0.1) is 24.0 Å². The van der Waals surface area contributed by atoms with Gasteiger partial charge in [0.1, 0.15) is 0 Å². The van der Waals surface area contributed by atoms with Crippen molar-refractivity contribution in [3.05, 3.63) is 34.9 Å². The number of guanidine groups is 1. The van der Waals surface area contributed by atoms with Gasteiger partial charge in [-0.25, -0.2) is 0 Å². The molecule has 1 aliphatic rings. The number of rotatable bonds is 6. The number of nitrogens with zero attached hydrogens (tertiary/aromatic N) is 1. The smallest absolute Gasteiger partial charge is 0.191 e. The van der Waals surface area contributed by atoms with E-state index < -0.39 is 5.60 Å². The molecule has 0 spiro atoms. The van der Waals surface area contributed by atoms with Crippen LogP contribution in [0.5, 0.6) is 0 Å². The first kappa shape index (κ1) is 20.5. The molecule has 0 heterocycles. The van der Waals surface area contributed by atoms with Gasteiger partial charge < -0.3 is 15.7 Å². The van der Waals surface area contributed by atoms with Crippen molar-refractivity contribution in [3.8, 4) is 0 Å². The van der Waals surface area contributed by atoms with E-state index in [1.54, 1.807) is 0 Å². The first-order chi connectivity index (χ1) is 10.6. The van der Waals surface area contributed by atoms with Crippen LogP contribution in [0.2, 0.25) is 5.02 Å². The zero-order valence-corrected chi connectivity index (χ0v) is 16.7. The molecule has 23 heavy (non-hydrogen) atoms. The number of aliphatic hydroxyl groups is 1. The quantitative estimate of drug-likeness (QED) is 0.353. The van der Waals surface area contributed by atoms with Gasteiger partial charge in [0.05, 0.1) is 12.1 Å². The Hall–Kier alpha value is -0.530. The van der Waals surface area contributed by atoms with Gasteiger partial charge in [0.15, 0.2) is 5.96 Å². The summed E-state index contributed by atoms with van der Waals surface area (Å²) in [7, 11) is 0. The highest BCUT2D eigenvalue weighted by atomic mass is 127. The molecular formula is C17H27ClIN3O. The van der Waals surface area contributed by atoms with E-state index in [0.29, 0.717) is 6.54 Å². The third kappa shape index (κ3) is 7.27. The van der Waals surface area contributed by atoms with Crippen LogP contribution in [0.25, 0.3) is 0 Å². The molecule has 0 bridgehead atoms. The standard InChI is InChI=1S/C17H26ClN3O.HI/c1-2-19-16(21-13-17(22)9-3-4-10-17)20-11-8-14-6-5-7-15(18)12-14;/h5-7,12,22H,2-4,8-11,13H2,1H3,(H2,19,20,21);1H. The van der Waals surface area contributed by atoms with Crippen LogP contribution in [0.4, 0.5) is 0 Å². The summed E-state index contributed by atoms with van der Waals surface area (Å²) in [6.07, 6.45) is 4.81. The summed E-state index contributed by atoms with van der Waals surface area (Å²) in [5.41, 5.74) is 0.597. The average Bonchev–Trinajstić information content (AvgIpc) is 2.92. The minimum Gasteiger partial charge on any atom is -0.388 e. The van der Waals surface area contributed by atoms with E-state index in [2.05, 4.69) is 21.7 Å². The number of halogens is 2. The lowest BCUT2D eigenvalue weighted by Crippen LogP contribution is -2.40. The minimum absolute atomic E-state index is 0. The molecule has 1 aromatic carbocycles. The predicted molar refractivity (Wildman–Crippen MR) is 108 cm³/mol. The number of hydrogen-bond donors (Lipinski definition) is 3. The van der Waals surface area contributed by atoms with Crippen molar-refractivity contribution in [3.63, 3.8) is 0 Å². The Morgan fingerprint density at radius 1 is 1.30 bits per heavy atom. The van der Waals surface area contributed by atoms with Gasteiger partial charge in [-0.05, 0) is 43.9 Å². The van der Waals surface area contributed by atoms with Gasteiger partial charge in [-0.2, -0.15) is 0 Å². The van der Waals surface area contributed by atoms with Crippen molar-refractivity contribution in [2.75, 3.05) is 19.6 Å². The summed E-state index contributed by atoms with van der Waals surface area (Å²) in [5.74, 6) is 0.768. The summed E-state index contributed by atoms with van der Waals surface area (Å²) in [4.78, 5) is 4.53. The Labute approximate surface area is 161 Å². The van der Waals surface area contributed by atoms with Crippen molar-refractivity contribution in [1.82, 2.24) is 10.6 Å². The highest BCUT2D eigenvalue weighted by Crippen LogP contribution is 2.29. The first-order valence-electron chi connectivity index (χ1n) is 8.10. The Kier molecular flexibility index (Phi) is 9.24. The van der Waals surface area contributed by atoms with Gasteiger partial charge in [0.2, 0.25) is 0 Å². The maximum Gasteiger partial charge on any atom is 0.191 e. The lowest BCUT2D eigenvalue weighted by Gasteiger charge is -2.20. The molecule has 3 N–H and O–H groups in total. The monoisotopic (exact) mass is 451 g/mol. The molecule has 0 saturated heterocycles. The molecule has 0 amide bonds. The van der Waals surface area contributed by atoms with Crippen LogP contribution in [0, 0.1) is 0 Å². The fraction of sp³-hybridized carbons (Fsp3) is 0.588. The zero-order chi connectivity index (χ0) is 15.8. The highest BCUT2D eigenvalue weighted by Gasteiger charge is 2.30. The lowest BCUT2D eigenvalue weighted by molar-refractivity contribution is 0.0574. The van der Waals surface area contributed by atoms with Crippen LogP contribution in [0.1, 0.15) is 38.2 Å². The van der Waals surface area contributed by atoms with E-state index in [-0.39, 0.29) is 24.0 Å². The number of benzene rings is 1. The third-order valence-electron chi connectivity index (χ3n) is 4.01. The molecule has 2 rings (SSSR count). The molecule has 1 fully saturated rings. The zero-order valence-electron chi connectivity index (χ0n) is 13.6. The van der Waals surface area contributed by atoms with E-state index in [4.69, 9.17) is 11.6 Å². The largest absolute Gasteiger partial charge is 0.388 e. The molecule has 0 aromatic heterocycles. The van der Waals surface area contributed by atoms with E-state index in [1.807, 2.05) is 25.1 Å². The predicted octanol–water partition coefficient (Wildman–Crippen LogP) is 3.36. The third-order valence-corrected chi connectivity index (χ3v) is 4.24. The fourth-order valence-corrected chi connectivity index (χ4v) is 2.99. The Balaban J connectivity index is 0.00000264. The molecule has 0 unspecified atom stereocenters. The Morgan fingerprint density at radius 2 is 2.04 bits per heavy atom. The van der Waals surface area contributed by atoms with Crippen LogP contribution in [0.15, 0.2) is 29.3 Å². The molecule has 1 aliphatic carbocycles. The average molecular weight is 452 g/mol. The maximum atomic E-state index is 10.4. The summed E-state index contributed by atoms with van der Waals surface area (Å²) in [6, 6.07) is 7.90. The normalized spacial score (nSPS) is 16.7. The molecular weight excluding hydrogens is 425 g/mol. The molecule has 130 valence electrons. The minimum atomic E-state index is -0.602. The summed E-state index contributed by atoms with van der Waals surface area (Å²) in [5, 5.41) is 17.7. The summed E-state index contributed by atoms with van der Waals surface area (Å²) < 4.78 is 0. The number of nitrogens with one attached hydrogen (secondary N) is 2. The Bertz CT molecular complexity index is 504. The van der Waals surface area contributed by atoms with Crippen molar-refractivity contribution in [1.29, 1.82) is 0 Å².